The summed E-state index contributed by atoms with van der Waals surface area (Å²) >= 11 is 0. The molecule has 0 spiro atoms. The summed E-state index contributed by atoms with van der Waals surface area (Å²) in [4.78, 5) is 0. The molecule has 5 atom stereocenters. The minimum absolute atomic E-state index is 0.402. The van der Waals surface area contributed by atoms with Crippen LogP contribution in [-0.4, -0.2) is 63.8 Å². The molecular weight excluding hydrogens is 300 g/mol. The molecule has 0 radical (unpaired) electrons. The van der Waals surface area contributed by atoms with E-state index < -0.39 is 41.9 Å². The van der Waals surface area contributed by atoms with Crippen LogP contribution in [-0.2, 0) is 14.2 Å². The Hall–Kier alpha value is -0.680. The van der Waals surface area contributed by atoms with Gasteiger partial charge in [0.1, 0.15) is 18.3 Å². The van der Waals surface area contributed by atoms with Gasteiger partial charge in [-0.2, -0.15) is 0 Å². The molecule has 1 rings (SSSR count). The number of hydrogen-bond donors (Lipinski definition) is 3. The summed E-state index contributed by atoms with van der Waals surface area (Å²) < 4.78 is 17.0. The van der Waals surface area contributed by atoms with E-state index in [1.165, 1.54) is 0 Å². The molecule has 6 nitrogen and oxygen atoms in total. The summed E-state index contributed by atoms with van der Waals surface area (Å²) in [7, 11) is 0. The van der Waals surface area contributed by atoms with Gasteiger partial charge in [0.15, 0.2) is 6.29 Å². The van der Waals surface area contributed by atoms with E-state index in [9.17, 15) is 15.3 Å². The average molecular weight is 330 g/mol. The fourth-order valence-corrected chi connectivity index (χ4v) is 2.35. The van der Waals surface area contributed by atoms with Crippen LogP contribution in [0.5, 0.6) is 0 Å². The minimum Gasteiger partial charge on any atom is -0.388 e. The quantitative estimate of drug-likeness (QED) is 0.599. The first-order valence-corrected chi connectivity index (χ1v) is 7.94. The highest BCUT2D eigenvalue weighted by Crippen LogP contribution is 2.27. The second-order valence-electron chi connectivity index (χ2n) is 7.30. The van der Waals surface area contributed by atoms with Crippen LogP contribution in [0, 0.1) is 12.3 Å². The lowest BCUT2D eigenvalue weighted by Gasteiger charge is -2.42. The monoisotopic (exact) mass is 330 g/mol. The molecular formula is C17H30O6. The minimum atomic E-state index is -1.31. The molecule has 0 aromatic heterocycles. The smallest absolute Gasteiger partial charge is 0.187 e. The molecule has 0 aromatic carbocycles. The summed E-state index contributed by atoms with van der Waals surface area (Å²) in [6, 6.07) is 0. The zero-order chi connectivity index (χ0) is 17.8. The predicted octanol–water partition coefficient (Wildman–Crippen LogP) is 0.818. The number of hydrogen-bond acceptors (Lipinski definition) is 6. The van der Waals surface area contributed by atoms with Crippen molar-refractivity contribution in [3.63, 3.8) is 0 Å². The van der Waals surface area contributed by atoms with Crippen molar-refractivity contribution in [1.29, 1.82) is 0 Å². The maximum atomic E-state index is 10.0. The van der Waals surface area contributed by atoms with E-state index in [2.05, 4.69) is 5.92 Å². The van der Waals surface area contributed by atoms with Gasteiger partial charge in [0.05, 0.1) is 23.9 Å². The van der Waals surface area contributed by atoms with Gasteiger partial charge in [-0.3, -0.25) is 0 Å². The van der Waals surface area contributed by atoms with E-state index >= 15 is 0 Å². The molecule has 5 unspecified atom stereocenters. The Morgan fingerprint density at radius 3 is 2.22 bits per heavy atom. The summed E-state index contributed by atoms with van der Waals surface area (Å²) in [6.07, 6.45) is 1.00. The summed E-state index contributed by atoms with van der Waals surface area (Å²) in [5.41, 5.74) is -1.04. The molecule has 1 aliphatic rings. The van der Waals surface area contributed by atoms with Gasteiger partial charge in [0, 0.05) is 6.42 Å². The van der Waals surface area contributed by atoms with Crippen molar-refractivity contribution in [3.05, 3.63) is 0 Å². The van der Waals surface area contributed by atoms with Crippen molar-refractivity contribution in [2.24, 2.45) is 0 Å². The normalized spacial score (nSPS) is 32.6. The van der Waals surface area contributed by atoms with Crippen molar-refractivity contribution < 1.29 is 29.5 Å². The van der Waals surface area contributed by atoms with Gasteiger partial charge in [-0.05, 0) is 41.0 Å². The molecule has 1 fully saturated rings. The number of rotatable bonds is 7. The van der Waals surface area contributed by atoms with Gasteiger partial charge >= 0.3 is 0 Å². The van der Waals surface area contributed by atoms with Crippen molar-refractivity contribution in [2.45, 2.75) is 89.4 Å². The molecule has 1 aliphatic heterocycles. The number of terminal acetylenes is 1. The first-order valence-electron chi connectivity index (χ1n) is 7.94. The van der Waals surface area contributed by atoms with Crippen LogP contribution >= 0.6 is 0 Å². The maximum absolute atomic E-state index is 10.0. The Morgan fingerprint density at radius 2 is 1.65 bits per heavy atom. The van der Waals surface area contributed by atoms with Gasteiger partial charge in [0.2, 0.25) is 0 Å². The lowest BCUT2D eigenvalue weighted by molar-refractivity contribution is -0.318. The second kappa shape index (κ2) is 7.93. The van der Waals surface area contributed by atoms with Crippen molar-refractivity contribution >= 4 is 0 Å². The average Bonchev–Trinajstić information content (AvgIpc) is 2.41. The Kier molecular flexibility index (Phi) is 7.02. The summed E-state index contributed by atoms with van der Waals surface area (Å²) in [5, 5.41) is 29.5. The van der Waals surface area contributed by atoms with E-state index in [4.69, 9.17) is 20.6 Å². The second-order valence-corrected chi connectivity index (χ2v) is 7.30. The predicted molar refractivity (Wildman–Crippen MR) is 85.6 cm³/mol. The van der Waals surface area contributed by atoms with E-state index in [-0.39, 0.29) is 0 Å². The Balaban J connectivity index is 2.53. The Morgan fingerprint density at radius 1 is 1.04 bits per heavy atom. The lowest BCUT2D eigenvalue weighted by Crippen LogP contribution is -2.58. The van der Waals surface area contributed by atoms with Crippen LogP contribution in [0.3, 0.4) is 0 Å². The summed E-state index contributed by atoms with van der Waals surface area (Å²) in [6.45, 7) is 9.60. The molecule has 3 N–H and O–H groups in total. The number of aliphatic hydroxyl groups excluding tert-OH is 3. The van der Waals surface area contributed by atoms with E-state index in [1.807, 2.05) is 27.7 Å². The molecule has 1 saturated heterocycles. The van der Waals surface area contributed by atoms with Crippen molar-refractivity contribution in [1.82, 2.24) is 0 Å². The zero-order valence-electron chi connectivity index (χ0n) is 14.7. The molecule has 0 amide bonds. The van der Waals surface area contributed by atoms with Crippen LogP contribution in [0.25, 0.3) is 0 Å². The topological polar surface area (TPSA) is 88.4 Å². The number of ether oxygens (including phenoxy) is 3. The van der Waals surface area contributed by atoms with Crippen LogP contribution in [0.4, 0.5) is 0 Å². The molecule has 23 heavy (non-hydrogen) atoms. The third kappa shape index (κ3) is 6.03. The van der Waals surface area contributed by atoms with Gasteiger partial charge in [-0.1, -0.05) is 0 Å². The van der Waals surface area contributed by atoms with Gasteiger partial charge in [-0.25, -0.2) is 0 Å². The zero-order valence-corrected chi connectivity index (χ0v) is 14.7. The number of aliphatic hydroxyl groups is 3. The SMILES string of the molecule is C#CCC(C)(C)OCCC(C)(C)OC1OC(C)C(O)C(O)C1O. The van der Waals surface area contributed by atoms with Crippen LogP contribution in [0.2, 0.25) is 0 Å². The molecule has 0 saturated carbocycles. The molecule has 0 aliphatic carbocycles. The van der Waals surface area contributed by atoms with E-state index in [0.717, 1.165) is 0 Å². The first kappa shape index (κ1) is 20.4. The Labute approximate surface area is 138 Å². The van der Waals surface area contributed by atoms with Crippen LogP contribution < -0.4 is 0 Å². The largest absolute Gasteiger partial charge is 0.388 e. The highest BCUT2D eigenvalue weighted by Gasteiger charge is 2.44. The fraction of sp³-hybridized carbons (Fsp3) is 0.882. The molecule has 0 bridgehead atoms. The van der Waals surface area contributed by atoms with Crippen molar-refractivity contribution in [2.75, 3.05) is 6.61 Å². The summed E-state index contributed by atoms with van der Waals surface area (Å²) in [5.74, 6) is 2.58. The molecule has 1 heterocycles. The third-order valence-electron chi connectivity index (χ3n) is 3.97. The highest BCUT2D eigenvalue weighted by atomic mass is 16.7. The third-order valence-corrected chi connectivity index (χ3v) is 3.97. The standard InChI is InChI=1S/C17H30O6/c1-7-8-16(3,4)21-10-9-17(5,6)23-15-14(20)13(19)12(18)11(2)22-15/h1,11-15,18-20H,8-10H2,2-6H3. The van der Waals surface area contributed by atoms with Gasteiger partial charge in [-0.15, -0.1) is 12.3 Å². The Bertz CT molecular complexity index is 414. The highest BCUT2D eigenvalue weighted by molar-refractivity contribution is 4.92. The van der Waals surface area contributed by atoms with Crippen LogP contribution in [0.15, 0.2) is 0 Å². The van der Waals surface area contributed by atoms with Gasteiger partial charge in [0.25, 0.3) is 0 Å². The lowest BCUT2D eigenvalue weighted by atomic mass is 9.99. The molecule has 134 valence electrons. The van der Waals surface area contributed by atoms with E-state index in [0.29, 0.717) is 19.4 Å². The molecule has 0 aromatic rings. The van der Waals surface area contributed by atoms with Crippen molar-refractivity contribution in [3.8, 4) is 12.3 Å². The maximum Gasteiger partial charge on any atom is 0.187 e. The van der Waals surface area contributed by atoms with Crippen LogP contribution in [0.1, 0.15) is 47.5 Å². The van der Waals surface area contributed by atoms with E-state index in [1.54, 1.807) is 6.92 Å². The van der Waals surface area contributed by atoms with Gasteiger partial charge < -0.3 is 29.5 Å². The fourth-order valence-electron chi connectivity index (χ4n) is 2.35. The first-order chi connectivity index (χ1) is 10.5. The molecule has 6 heteroatoms.